The molecule has 2 heterocycles. The number of rotatable bonds is 10. The Balaban J connectivity index is 0.000000177. The number of aliphatic hydroxyl groups is 1. The molecule has 0 spiro atoms. The first-order valence-corrected chi connectivity index (χ1v) is 23.6. The van der Waals surface area contributed by atoms with Gasteiger partial charge < -0.3 is 24.4 Å². The summed E-state index contributed by atoms with van der Waals surface area (Å²) in [6, 6.07) is 25.0. The average Bonchev–Trinajstić information content (AvgIpc) is 3.69. The molecule has 0 radical (unpaired) electrons. The second kappa shape index (κ2) is 24.5. The molecule has 332 valence electrons. The molecule has 0 amide bonds. The van der Waals surface area contributed by atoms with E-state index < -0.39 is 0 Å². The van der Waals surface area contributed by atoms with Crippen LogP contribution in [-0.2, 0) is 32.2 Å². The number of carbonyl (C=O) groups excluding carboxylic acids is 2. The first-order chi connectivity index (χ1) is 29.8. The molecular formula is C52H72N2O7. The van der Waals surface area contributed by atoms with Gasteiger partial charge in [0.2, 0.25) is 0 Å². The number of benzene rings is 4. The molecule has 0 atom stereocenters. The first-order valence-electron chi connectivity index (χ1n) is 23.6. The van der Waals surface area contributed by atoms with Crippen molar-refractivity contribution in [2.24, 2.45) is 11.8 Å². The van der Waals surface area contributed by atoms with Gasteiger partial charge in [0.1, 0.15) is 11.5 Å². The topological polar surface area (TPSA) is 109 Å². The van der Waals surface area contributed by atoms with E-state index in [0.29, 0.717) is 25.1 Å². The second-order valence-corrected chi connectivity index (χ2v) is 17.7. The summed E-state index contributed by atoms with van der Waals surface area (Å²) < 4.78 is 16.6. The summed E-state index contributed by atoms with van der Waals surface area (Å²) in [5.41, 5.74) is 2.59. The van der Waals surface area contributed by atoms with Crippen molar-refractivity contribution in [3.63, 3.8) is 0 Å². The minimum atomic E-state index is -0.0438. The second-order valence-electron chi connectivity index (χ2n) is 17.7. The highest BCUT2D eigenvalue weighted by Crippen LogP contribution is 2.29. The van der Waals surface area contributed by atoms with E-state index in [-0.39, 0.29) is 29.9 Å². The standard InChI is InChI=1S/C26H35NO3.C19H23NO3.C7H14O/c1-2-29-26(28)21-13-15-27(16-14-21)19-20-9-10-23-18-25(12-11-22(23)17-20)30-24-7-5-3-4-6-8-24;1-2-23-19(22)15-7-9-20(10-8-15)13-14-3-4-17-12-18(21)6-5-16(17)11-14;8-7-5-3-1-2-4-6-7/h9-12,17-18,21,24H,2-8,13-16,19H2,1H3;3-6,11-12,15,21H,2,7-10,13H2,1H3;7-8H,1-6H2. The molecule has 2 aliphatic heterocycles. The molecule has 9 heteroatoms. The van der Waals surface area contributed by atoms with E-state index in [2.05, 4.69) is 64.4 Å². The van der Waals surface area contributed by atoms with Crippen LogP contribution in [0.25, 0.3) is 21.5 Å². The lowest BCUT2D eigenvalue weighted by Crippen LogP contribution is -2.36. The summed E-state index contributed by atoms with van der Waals surface area (Å²) in [7, 11) is 0. The van der Waals surface area contributed by atoms with Crippen LogP contribution in [0.15, 0.2) is 72.8 Å². The van der Waals surface area contributed by atoms with Crippen molar-refractivity contribution >= 4 is 33.5 Å². The van der Waals surface area contributed by atoms with Gasteiger partial charge in [0, 0.05) is 13.1 Å². The smallest absolute Gasteiger partial charge is 0.309 e. The fraction of sp³-hybridized carbons (Fsp3) is 0.577. The van der Waals surface area contributed by atoms with Crippen molar-refractivity contribution in [2.45, 2.75) is 142 Å². The van der Waals surface area contributed by atoms with Crippen LogP contribution in [0.5, 0.6) is 11.5 Å². The van der Waals surface area contributed by atoms with Crippen molar-refractivity contribution in [3.8, 4) is 11.5 Å². The summed E-state index contributed by atoms with van der Waals surface area (Å²) >= 11 is 0. The third-order valence-corrected chi connectivity index (χ3v) is 12.9. The van der Waals surface area contributed by atoms with Gasteiger partial charge in [-0.15, -0.1) is 0 Å². The van der Waals surface area contributed by atoms with E-state index in [4.69, 9.17) is 19.3 Å². The predicted octanol–water partition coefficient (Wildman–Crippen LogP) is 10.7. The number of likely N-dealkylation sites (tertiary alicyclic amines) is 2. The maximum Gasteiger partial charge on any atom is 0.309 e. The van der Waals surface area contributed by atoms with E-state index >= 15 is 0 Å². The number of carbonyl (C=O) groups is 2. The van der Waals surface area contributed by atoms with Crippen molar-refractivity contribution in [1.29, 1.82) is 0 Å². The summed E-state index contributed by atoms with van der Waals surface area (Å²) in [6.45, 7) is 10.3. The Morgan fingerprint density at radius 2 is 0.967 bits per heavy atom. The summed E-state index contributed by atoms with van der Waals surface area (Å²) in [4.78, 5) is 28.5. The highest BCUT2D eigenvalue weighted by atomic mass is 16.5. The van der Waals surface area contributed by atoms with E-state index in [1.54, 1.807) is 12.1 Å². The third kappa shape index (κ3) is 15.0. The molecular weight excluding hydrogens is 765 g/mol. The van der Waals surface area contributed by atoms with Crippen LogP contribution in [0, 0.1) is 11.8 Å². The lowest BCUT2D eigenvalue weighted by Gasteiger charge is -2.30. The number of aliphatic hydroxyl groups excluding tert-OH is 1. The van der Waals surface area contributed by atoms with Crippen LogP contribution in [0.4, 0.5) is 0 Å². The van der Waals surface area contributed by atoms with Crippen molar-refractivity contribution in [2.75, 3.05) is 39.4 Å². The van der Waals surface area contributed by atoms with Crippen LogP contribution in [0.3, 0.4) is 0 Å². The Morgan fingerprint density at radius 1 is 0.541 bits per heavy atom. The quantitative estimate of drug-likeness (QED) is 0.119. The third-order valence-electron chi connectivity index (χ3n) is 12.9. The van der Waals surface area contributed by atoms with Crippen LogP contribution in [0.2, 0.25) is 0 Å². The molecule has 0 unspecified atom stereocenters. The number of piperidine rings is 2. The van der Waals surface area contributed by atoms with Crippen LogP contribution in [-0.4, -0.2) is 83.6 Å². The minimum Gasteiger partial charge on any atom is -0.508 e. The van der Waals surface area contributed by atoms with Crippen molar-refractivity contribution in [1.82, 2.24) is 9.80 Å². The summed E-state index contributed by atoms with van der Waals surface area (Å²) in [5, 5.41) is 23.3. The molecule has 2 saturated heterocycles. The SMILES string of the molecule is CCOC(=O)C1CCN(Cc2ccc3cc(O)ccc3c2)CC1.CCOC(=O)C1CCN(Cc2ccc3cc(OC4CCCCCC4)ccc3c2)CC1.OC1CCCCCC1. The van der Waals surface area contributed by atoms with Gasteiger partial charge in [0.15, 0.2) is 0 Å². The monoisotopic (exact) mass is 837 g/mol. The van der Waals surface area contributed by atoms with E-state index in [9.17, 15) is 14.7 Å². The molecule has 4 aromatic rings. The number of hydrogen-bond donors (Lipinski definition) is 2. The molecule has 2 saturated carbocycles. The predicted molar refractivity (Wildman–Crippen MR) is 245 cm³/mol. The Bertz CT molecular complexity index is 1940. The number of nitrogens with zero attached hydrogens (tertiary/aromatic N) is 2. The maximum atomic E-state index is 11.9. The molecule has 8 rings (SSSR count). The number of phenols is 1. The van der Waals surface area contributed by atoms with Crippen molar-refractivity contribution in [3.05, 3.63) is 83.9 Å². The van der Waals surface area contributed by atoms with Crippen molar-refractivity contribution < 1.29 is 34.0 Å². The molecule has 0 bridgehead atoms. The zero-order valence-electron chi connectivity index (χ0n) is 37.0. The first kappa shape index (κ1) is 46.3. The van der Waals surface area contributed by atoms with Crippen LogP contribution < -0.4 is 4.74 Å². The zero-order chi connectivity index (χ0) is 42.8. The Labute approximate surface area is 364 Å². The van der Waals surface area contributed by atoms with Gasteiger partial charge in [0.05, 0.1) is 37.3 Å². The van der Waals surface area contributed by atoms with E-state index in [1.807, 2.05) is 19.9 Å². The van der Waals surface area contributed by atoms with Crippen LogP contribution >= 0.6 is 0 Å². The van der Waals surface area contributed by atoms with Gasteiger partial charge in [-0.2, -0.15) is 0 Å². The fourth-order valence-corrected chi connectivity index (χ4v) is 9.33. The Hall–Kier alpha value is -4.18. The molecule has 4 fully saturated rings. The molecule has 4 aliphatic rings. The lowest BCUT2D eigenvalue weighted by atomic mass is 9.96. The Kier molecular flexibility index (Phi) is 18.6. The highest BCUT2D eigenvalue weighted by molar-refractivity contribution is 5.85. The number of aromatic hydroxyl groups is 1. The van der Waals surface area contributed by atoms with Gasteiger partial charge in [0.25, 0.3) is 0 Å². The molecule has 0 aromatic heterocycles. The number of phenolic OH excluding ortho intramolecular Hbond substituents is 1. The molecule has 2 N–H and O–H groups in total. The van der Waals surface area contributed by atoms with Crippen LogP contribution in [0.1, 0.15) is 128 Å². The maximum absolute atomic E-state index is 11.9. The fourth-order valence-electron chi connectivity index (χ4n) is 9.33. The zero-order valence-corrected chi connectivity index (χ0v) is 37.0. The average molecular weight is 837 g/mol. The highest BCUT2D eigenvalue weighted by Gasteiger charge is 2.27. The summed E-state index contributed by atoms with van der Waals surface area (Å²) in [5.74, 6) is 1.37. The molecule has 9 nitrogen and oxygen atoms in total. The number of esters is 2. The van der Waals surface area contributed by atoms with E-state index in [0.717, 1.165) is 94.3 Å². The number of hydrogen-bond acceptors (Lipinski definition) is 9. The van der Waals surface area contributed by atoms with Gasteiger partial charge in [-0.25, -0.2) is 0 Å². The molecule has 4 aromatic carbocycles. The number of ether oxygens (including phenoxy) is 3. The summed E-state index contributed by atoms with van der Waals surface area (Å²) in [6.07, 6.45) is 18.8. The normalized spacial score (nSPS) is 19.1. The van der Waals surface area contributed by atoms with Gasteiger partial charge >= 0.3 is 11.9 Å². The van der Waals surface area contributed by atoms with Gasteiger partial charge in [-0.3, -0.25) is 19.4 Å². The molecule has 2 aliphatic carbocycles. The minimum absolute atomic E-state index is 0.0234. The van der Waals surface area contributed by atoms with E-state index in [1.165, 1.54) is 86.1 Å². The lowest BCUT2D eigenvalue weighted by molar-refractivity contribution is -0.150. The molecule has 61 heavy (non-hydrogen) atoms. The number of fused-ring (bicyclic) bond motifs is 2. The van der Waals surface area contributed by atoms with Gasteiger partial charge in [-0.1, -0.05) is 74.9 Å². The Morgan fingerprint density at radius 3 is 1.46 bits per heavy atom. The van der Waals surface area contributed by atoms with Gasteiger partial charge in [-0.05, 0) is 173 Å². The largest absolute Gasteiger partial charge is 0.508 e.